The number of nitrogens with one attached hydrogen (secondary N) is 2. The summed E-state index contributed by atoms with van der Waals surface area (Å²) in [6, 6.07) is 16.8. The number of carbonyl (C=O) groups is 1. The van der Waals surface area contributed by atoms with Crippen molar-refractivity contribution >= 4 is 27.2 Å². The number of ether oxygens (including phenoxy) is 1. The van der Waals surface area contributed by atoms with Gasteiger partial charge in [0.25, 0.3) is 0 Å². The van der Waals surface area contributed by atoms with Gasteiger partial charge in [-0.3, -0.25) is 0 Å². The first kappa shape index (κ1) is 20.2. The minimum atomic E-state index is -4.01. The van der Waals surface area contributed by atoms with Crippen molar-refractivity contribution in [2.75, 3.05) is 17.7 Å². The molecule has 0 aromatic heterocycles. The summed E-state index contributed by atoms with van der Waals surface area (Å²) >= 11 is 0. The molecule has 0 saturated carbocycles. The van der Waals surface area contributed by atoms with Crippen LogP contribution in [0.5, 0.6) is 11.5 Å². The summed E-state index contributed by atoms with van der Waals surface area (Å²) < 4.78 is 31.1. The summed E-state index contributed by atoms with van der Waals surface area (Å²) in [5.41, 5.74) is 1.14. The molecular weight excluding hydrogens is 392 g/mol. The maximum absolute atomic E-state index is 13.0. The van der Waals surface area contributed by atoms with Crippen LogP contribution in [0.15, 0.2) is 76.5 Å². The smallest absolute Gasteiger partial charge is 0.323 e. The second-order valence-electron chi connectivity index (χ2n) is 6.26. The van der Waals surface area contributed by atoms with Gasteiger partial charge in [-0.2, -0.15) is 0 Å². The van der Waals surface area contributed by atoms with E-state index in [-0.39, 0.29) is 21.2 Å². The molecule has 29 heavy (non-hydrogen) atoms. The summed E-state index contributed by atoms with van der Waals surface area (Å²) in [4.78, 5) is 11.9. The zero-order chi connectivity index (χ0) is 21.0. The van der Waals surface area contributed by atoms with Crippen LogP contribution in [0.3, 0.4) is 0 Å². The maximum atomic E-state index is 13.0. The van der Waals surface area contributed by atoms with Crippen LogP contribution in [0.4, 0.5) is 16.2 Å². The molecule has 8 heteroatoms. The molecular formula is C21H20N2O5S. The zero-order valence-electron chi connectivity index (χ0n) is 15.8. The number of urea groups is 1. The van der Waals surface area contributed by atoms with Gasteiger partial charge < -0.3 is 20.5 Å². The molecule has 0 heterocycles. The van der Waals surface area contributed by atoms with E-state index in [1.165, 1.54) is 43.5 Å². The van der Waals surface area contributed by atoms with Gasteiger partial charge in [0.05, 0.1) is 12.0 Å². The van der Waals surface area contributed by atoms with Crippen LogP contribution in [0.2, 0.25) is 0 Å². The van der Waals surface area contributed by atoms with Gasteiger partial charge in [0.1, 0.15) is 16.4 Å². The Morgan fingerprint density at radius 1 is 0.931 bits per heavy atom. The minimum absolute atomic E-state index is 0.00103. The highest BCUT2D eigenvalue weighted by Crippen LogP contribution is 2.34. The Morgan fingerprint density at radius 3 is 2.17 bits per heavy atom. The second-order valence-corrected chi connectivity index (χ2v) is 8.18. The number of para-hydroxylation sites is 1. The van der Waals surface area contributed by atoms with Gasteiger partial charge >= 0.3 is 6.03 Å². The van der Waals surface area contributed by atoms with Crippen molar-refractivity contribution in [3.8, 4) is 11.5 Å². The van der Waals surface area contributed by atoms with Gasteiger partial charge in [-0.1, -0.05) is 18.2 Å². The quantitative estimate of drug-likeness (QED) is 0.545. The summed E-state index contributed by atoms with van der Waals surface area (Å²) in [6.07, 6.45) is 0. The molecule has 0 aliphatic rings. The van der Waals surface area contributed by atoms with Crippen molar-refractivity contribution in [1.82, 2.24) is 0 Å². The van der Waals surface area contributed by atoms with Crippen molar-refractivity contribution in [3.63, 3.8) is 0 Å². The number of carbonyl (C=O) groups excluding carboxylic acids is 1. The molecule has 3 rings (SSSR count). The molecule has 0 radical (unpaired) electrons. The Balaban J connectivity index is 1.91. The summed E-state index contributed by atoms with van der Waals surface area (Å²) in [5, 5.41) is 15.6. The van der Waals surface area contributed by atoms with Gasteiger partial charge in [0.2, 0.25) is 9.84 Å². The predicted octanol–water partition coefficient (Wildman–Crippen LogP) is 4.19. The standard InChI is InChI=1S/C21H20N2O5S/c1-14-12-16(23-21(25)22-15-6-4-3-5-7-15)13-19(20(14)24)29(26,27)18-10-8-17(28-2)9-11-18/h3-13,24H,1-2H3,(H2,22,23,25). The number of sulfone groups is 1. The van der Waals surface area contributed by atoms with E-state index in [1.54, 1.807) is 31.2 Å². The van der Waals surface area contributed by atoms with Gasteiger partial charge in [0, 0.05) is 11.4 Å². The summed E-state index contributed by atoms with van der Waals surface area (Å²) in [5.74, 6) is 0.146. The van der Waals surface area contributed by atoms with Gasteiger partial charge in [-0.25, -0.2) is 13.2 Å². The number of aromatic hydroxyl groups is 1. The molecule has 0 saturated heterocycles. The lowest BCUT2D eigenvalue weighted by atomic mass is 10.2. The van der Waals surface area contributed by atoms with Crippen LogP contribution in [-0.2, 0) is 9.84 Å². The Kier molecular flexibility index (Phi) is 5.74. The SMILES string of the molecule is COc1ccc(S(=O)(=O)c2cc(NC(=O)Nc3ccccc3)cc(C)c2O)cc1. The average Bonchev–Trinajstić information content (AvgIpc) is 2.71. The van der Waals surface area contributed by atoms with Gasteiger partial charge in [-0.05, 0) is 61.0 Å². The molecule has 0 atom stereocenters. The van der Waals surface area contributed by atoms with E-state index in [0.29, 0.717) is 17.0 Å². The first-order valence-corrected chi connectivity index (χ1v) is 10.2. The number of aryl methyl sites for hydroxylation is 1. The van der Waals surface area contributed by atoms with E-state index in [2.05, 4.69) is 10.6 Å². The van der Waals surface area contributed by atoms with E-state index in [9.17, 15) is 18.3 Å². The topological polar surface area (TPSA) is 105 Å². The van der Waals surface area contributed by atoms with Crippen molar-refractivity contribution < 1.29 is 23.1 Å². The molecule has 3 N–H and O–H groups in total. The number of phenols is 1. The third kappa shape index (κ3) is 4.49. The Bertz CT molecular complexity index is 1130. The number of benzene rings is 3. The first-order valence-electron chi connectivity index (χ1n) is 8.67. The van der Waals surface area contributed by atoms with E-state index in [4.69, 9.17) is 4.74 Å². The largest absolute Gasteiger partial charge is 0.506 e. The van der Waals surface area contributed by atoms with Gasteiger partial charge in [-0.15, -0.1) is 0 Å². The Hall–Kier alpha value is -3.52. The minimum Gasteiger partial charge on any atom is -0.506 e. The molecule has 7 nitrogen and oxygen atoms in total. The van der Waals surface area contributed by atoms with Crippen LogP contribution in [0, 0.1) is 6.92 Å². The number of rotatable bonds is 5. The highest BCUT2D eigenvalue weighted by molar-refractivity contribution is 7.91. The summed E-state index contributed by atoms with van der Waals surface area (Å²) in [7, 11) is -2.53. The highest BCUT2D eigenvalue weighted by atomic mass is 32.2. The van der Waals surface area contributed by atoms with Crippen molar-refractivity contribution in [2.24, 2.45) is 0 Å². The lowest BCUT2D eigenvalue weighted by molar-refractivity contribution is 0.262. The molecule has 2 amide bonds. The van der Waals surface area contributed by atoms with Crippen molar-refractivity contribution in [1.29, 1.82) is 0 Å². The molecule has 0 bridgehead atoms. The fraction of sp³-hybridized carbons (Fsp3) is 0.0952. The fourth-order valence-electron chi connectivity index (χ4n) is 2.72. The van der Waals surface area contributed by atoms with Gasteiger partial charge in [0.15, 0.2) is 0 Å². The number of hydrogen-bond donors (Lipinski definition) is 3. The number of hydrogen-bond acceptors (Lipinski definition) is 5. The van der Waals surface area contributed by atoms with Crippen molar-refractivity contribution in [3.05, 3.63) is 72.3 Å². The number of phenolic OH excluding ortho intramolecular Hbond substituents is 1. The maximum Gasteiger partial charge on any atom is 0.323 e. The number of amides is 2. The lowest BCUT2D eigenvalue weighted by Gasteiger charge is -2.13. The first-order chi connectivity index (χ1) is 13.8. The van der Waals surface area contributed by atoms with Crippen molar-refractivity contribution in [2.45, 2.75) is 16.7 Å². The molecule has 0 unspecified atom stereocenters. The molecule has 0 aliphatic heterocycles. The van der Waals surface area contributed by atoms with Crippen LogP contribution >= 0.6 is 0 Å². The van der Waals surface area contributed by atoms with Crippen LogP contribution in [-0.4, -0.2) is 26.7 Å². The summed E-state index contributed by atoms with van der Waals surface area (Å²) in [6.45, 7) is 1.56. The van der Waals surface area contributed by atoms with E-state index in [1.807, 2.05) is 6.07 Å². The molecule has 150 valence electrons. The van der Waals surface area contributed by atoms with E-state index < -0.39 is 15.9 Å². The number of anilines is 2. The number of methoxy groups -OCH3 is 1. The average molecular weight is 412 g/mol. The Labute approximate surface area is 168 Å². The van der Waals surface area contributed by atoms with Crippen LogP contribution in [0.1, 0.15) is 5.56 Å². The lowest BCUT2D eigenvalue weighted by Crippen LogP contribution is -2.19. The molecule has 0 aliphatic carbocycles. The molecule has 0 fully saturated rings. The second kappa shape index (κ2) is 8.24. The highest BCUT2D eigenvalue weighted by Gasteiger charge is 2.24. The van der Waals surface area contributed by atoms with E-state index in [0.717, 1.165) is 0 Å². The molecule has 3 aromatic rings. The molecule has 0 spiro atoms. The third-order valence-corrected chi connectivity index (χ3v) is 6.00. The van der Waals surface area contributed by atoms with E-state index >= 15 is 0 Å². The molecule has 3 aromatic carbocycles. The zero-order valence-corrected chi connectivity index (χ0v) is 16.7. The third-order valence-electron chi connectivity index (χ3n) is 4.21. The predicted molar refractivity (Wildman–Crippen MR) is 110 cm³/mol. The van der Waals surface area contributed by atoms with Crippen LogP contribution in [0.25, 0.3) is 0 Å². The Morgan fingerprint density at radius 2 is 1.55 bits per heavy atom. The van der Waals surface area contributed by atoms with Crippen LogP contribution < -0.4 is 15.4 Å². The monoisotopic (exact) mass is 412 g/mol. The fourth-order valence-corrected chi connectivity index (χ4v) is 4.17. The normalized spacial score (nSPS) is 11.0.